The molecule has 1 aromatic rings. The van der Waals surface area contributed by atoms with Gasteiger partial charge in [-0.3, -0.25) is 9.69 Å². The number of likely N-dealkylation sites (tertiary alicyclic amines) is 1. The van der Waals surface area contributed by atoms with Crippen LogP contribution >= 0.6 is 24.2 Å². The molecule has 2 aliphatic rings. The summed E-state index contributed by atoms with van der Waals surface area (Å²) in [5.74, 6) is 0.630. The fraction of sp³-hybridized carbons (Fsp3) is 0.588. The Morgan fingerprint density at radius 1 is 1.25 bits per heavy atom. The van der Waals surface area contributed by atoms with Crippen LogP contribution in [0.15, 0.2) is 29.2 Å². The van der Waals surface area contributed by atoms with E-state index in [1.54, 1.807) is 12.1 Å². The molecular formula is C17H25ClFN3OS. The monoisotopic (exact) mass is 373 g/mol. The molecule has 2 fully saturated rings. The fourth-order valence-corrected chi connectivity index (χ4v) is 4.16. The highest BCUT2D eigenvalue weighted by Gasteiger charge is 2.30. The molecule has 1 amide bonds. The van der Waals surface area contributed by atoms with Crippen molar-refractivity contribution in [3.63, 3.8) is 0 Å². The highest BCUT2D eigenvalue weighted by Crippen LogP contribution is 2.23. The van der Waals surface area contributed by atoms with Crippen LogP contribution in [0.2, 0.25) is 0 Å². The molecule has 0 aliphatic carbocycles. The van der Waals surface area contributed by atoms with Crippen LogP contribution in [0, 0.1) is 5.82 Å². The first-order valence-corrected chi connectivity index (χ1v) is 9.32. The summed E-state index contributed by atoms with van der Waals surface area (Å²) in [7, 11) is 0. The first-order valence-electron chi connectivity index (χ1n) is 8.34. The van der Waals surface area contributed by atoms with Crippen molar-refractivity contribution in [3.05, 3.63) is 30.1 Å². The van der Waals surface area contributed by atoms with Crippen LogP contribution in [0.25, 0.3) is 0 Å². The zero-order chi connectivity index (χ0) is 16.1. The number of amides is 1. The molecule has 24 heavy (non-hydrogen) atoms. The van der Waals surface area contributed by atoms with Crippen molar-refractivity contribution in [2.24, 2.45) is 0 Å². The number of nitrogens with zero attached hydrogens (tertiary/aromatic N) is 2. The number of thioether (sulfide) groups is 1. The lowest BCUT2D eigenvalue weighted by Crippen LogP contribution is -2.49. The van der Waals surface area contributed by atoms with Crippen LogP contribution in [-0.4, -0.2) is 66.8 Å². The Kier molecular flexibility index (Phi) is 7.81. The van der Waals surface area contributed by atoms with E-state index in [1.165, 1.54) is 17.8 Å². The van der Waals surface area contributed by atoms with Crippen molar-refractivity contribution in [1.29, 1.82) is 0 Å². The Morgan fingerprint density at radius 3 is 2.75 bits per heavy atom. The molecule has 2 heterocycles. The molecule has 1 aromatic carbocycles. The minimum Gasteiger partial charge on any atom is -0.341 e. The number of carbonyl (C=O) groups excluding carboxylic acids is 1. The summed E-state index contributed by atoms with van der Waals surface area (Å²) < 4.78 is 13.5. The van der Waals surface area contributed by atoms with Gasteiger partial charge in [0.1, 0.15) is 5.82 Å². The van der Waals surface area contributed by atoms with E-state index >= 15 is 0 Å². The Bertz CT molecular complexity index is 542. The molecule has 0 aromatic heterocycles. The molecule has 2 aliphatic heterocycles. The van der Waals surface area contributed by atoms with E-state index < -0.39 is 0 Å². The van der Waals surface area contributed by atoms with Crippen molar-refractivity contribution in [3.8, 4) is 0 Å². The molecule has 0 spiro atoms. The van der Waals surface area contributed by atoms with Gasteiger partial charge in [-0.1, -0.05) is 12.1 Å². The van der Waals surface area contributed by atoms with Gasteiger partial charge in [-0.25, -0.2) is 4.39 Å². The third-order valence-corrected chi connectivity index (χ3v) is 5.64. The third kappa shape index (κ3) is 5.09. The van der Waals surface area contributed by atoms with Crippen molar-refractivity contribution >= 4 is 30.1 Å². The topological polar surface area (TPSA) is 35.6 Å². The van der Waals surface area contributed by atoms with E-state index in [0.717, 1.165) is 45.7 Å². The second-order valence-electron chi connectivity index (χ2n) is 6.10. The second-order valence-corrected chi connectivity index (χ2v) is 7.23. The molecule has 1 N–H and O–H groups in total. The number of hydrogen-bond donors (Lipinski definition) is 1. The summed E-state index contributed by atoms with van der Waals surface area (Å²) in [6.07, 6.45) is 1.56. The number of rotatable bonds is 5. The maximum Gasteiger partial charge on any atom is 0.223 e. The smallest absolute Gasteiger partial charge is 0.223 e. The van der Waals surface area contributed by atoms with Gasteiger partial charge >= 0.3 is 0 Å². The van der Waals surface area contributed by atoms with Crippen LogP contribution in [0.5, 0.6) is 0 Å². The molecule has 1 unspecified atom stereocenters. The minimum atomic E-state index is -0.204. The average molecular weight is 374 g/mol. The number of halogens is 2. The predicted octanol–water partition coefficient (Wildman–Crippen LogP) is 2.24. The summed E-state index contributed by atoms with van der Waals surface area (Å²) in [6, 6.07) is 7.25. The van der Waals surface area contributed by atoms with Gasteiger partial charge in [0.25, 0.3) is 0 Å². The van der Waals surface area contributed by atoms with Gasteiger partial charge in [-0.05, 0) is 18.6 Å². The standard InChI is InChI=1S/C17H24FN3OS.ClH/c18-15-3-1-2-4-16(15)23-12-6-17(22)21-9-5-14(13-21)20-10-7-19-8-11-20;/h1-4,14,19H,5-13H2;1H. The van der Waals surface area contributed by atoms with Crippen molar-refractivity contribution < 1.29 is 9.18 Å². The van der Waals surface area contributed by atoms with Gasteiger partial charge in [0.15, 0.2) is 0 Å². The van der Waals surface area contributed by atoms with E-state index in [4.69, 9.17) is 0 Å². The summed E-state index contributed by atoms with van der Waals surface area (Å²) >= 11 is 1.42. The number of benzene rings is 1. The summed E-state index contributed by atoms with van der Waals surface area (Å²) in [5, 5.41) is 3.36. The zero-order valence-electron chi connectivity index (χ0n) is 13.7. The highest BCUT2D eigenvalue weighted by atomic mass is 35.5. The summed E-state index contributed by atoms with van der Waals surface area (Å²) in [5.41, 5.74) is 0. The molecule has 134 valence electrons. The van der Waals surface area contributed by atoms with Gasteiger partial charge in [0, 0.05) is 62.4 Å². The summed E-state index contributed by atoms with van der Waals surface area (Å²) in [6.45, 7) is 5.96. The highest BCUT2D eigenvalue weighted by molar-refractivity contribution is 7.99. The lowest BCUT2D eigenvalue weighted by atomic mass is 10.2. The lowest BCUT2D eigenvalue weighted by Gasteiger charge is -2.32. The SMILES string of the molecule is Cl.O=C(CCSc1ccccc1F)N1CCC(N2CCNCC2)C1. The molecule has 7 heteroatoms. The van der Waals surface area contributed by atoms with Crippen LogP contribution in [0.4, 0.5) is 4.39 Å². The Labute approximate surface area is 153 Å². The lowest BCUT2D eigenvalue weighted by molar-refractivity contribution is -0.129. The first-order chi connectivity index (χ1) is 11.2. The Balaban J connectivity index is 0.00000208. The second kappa shape index (κ2) is 9.61. The minimum absolute atomic E-state index is 0. The number of piperazine rings is 1. The van der Waals surface area contributed by atoms with Crippen LogP contribution in [-0.2, 0) is 4.79 Å². The maximum absolute atomic E-state index is 13.5. The molecule has 0 radical (unpaired) electrons. The van der Waals surface area contributed by atoms with Crippen LogP contribution in [0.3, 0.4) is 0 Å². The van der Waals surface area contributed by atoms with E-state index in [-0.39, 0.29) is 24.1 Å². The fourth-order valence-electron chi connectivity index (χ4n) is 3.28. The first kappa shape index (κ1) is 19.5. The average Bonchev–Trinajstić information content (AvgIpc) is 3.07. The Hall–Kier alpha value is -0.820. The third-order valence-electron chi connectivity index (χ3n) is 4.59. The zero-order valence-corrected chi connectivity index (χ0v) is 15.4. The molecule has 0 bridgehead atoms. The number of nitrogens with one attached hydrogen (secondary N) is 1. The van der Waals surface area contributed by atoms with Crippen LogP contribution < -0.4 is 5.32 Å². The normalized spacial score (nSPS) is 21.5. The van der Waals surface area contributed by atoms with Crippen molar-refractivity contribution in [2.75, 3.05) is 45.0 Å². The van der Waals surface area contributed by atoms with E-state index in [1.807, 2.05) is 11.0 Å². The van der Waals surface area contributed by atoms with Gasteiger partial charge in [0.2, 0.25) is 5.91 Å². The van der Waals surface area contributed by atoms with E-state index in [0.29, 0.717) is 23.1 Å². The van der Waals surface area contributed by atoms with Gasteiger partial charge in [0.05, 0.1) is 0 Å². The maximum atomic E-state index is 13.5. The van der Waals surface area contributed by atoms with Crippen molar-refractivity contribution in [1.82, 2.24) is 15.1 Å². The Morgan fingerprint density at radius 2 is 2.00 bits per heavy atom. The predicted molar refractivity (Wildman–Crippen MR) is 98.4 cm³/mol. The number of carbonyl (C=O) groups is 1. The molecule has 4 nitrogen and oxygen atoms in total. The number of hydrogen-bond acceptors (Lipinski definition) is 4. The summed E-state index contributed by atoms with van der Waals surface area (Å²) in [4.78, 5) is 17.4. The molecule has 1 atom stereocenters. The quantitative estimate of drug-likeness (QED) is 0.803. The van der Waals surface area contributed by atoms with Gasteiger partial charge < -0.3 is 10.2 Å². The van der Waals surface area contributed by atoms with Gasteiger partial charge in [-0.2, -0.15) is 0 Å². The van der Waals surface area contributed by atoms with Crippen LogP contribution in [0.1, 0.15) is 12.8 Å². The van der Waals surface area contributed by atoms with Crippen molar-refractivity contribution in [2.45, 2.75) is 23.8 Å². The largest absolute Gasteiger partial charge is 0.341 e. The molecule has 0 saturated carbocycles. The van der Waals surface area contributed by atoms with Gasteiger partial charge in [-0.15, -0.1) is 24.2 Å². The van der Waals surface area contributed by atoms with E-state index in [2.05, 4.69) is 10.2 Å². The van der Waals surface area contributed by atoms with E-state index in [9.17, 15) is 9.18 Å². The molecule has 3 rings (SSSR count). The molecular weight excluding hydrogens is 349 g/mol. The molecule has 2 saturated heterocycles.